The number of rotatable bonds is 4. The third-order valence-electron chi connectivity index (χ3n) is 4.03. The van der Waals surface area contributed by atoms with Crippen molar-refractivity contribution < 1.29 is 4.79 Å². The molecule has 0 fully saturated rings. The first-order valence-corrected chi connectivity index (χ1v) is 9.20. The lowest BCUT2D eigenvalue weighted by molar-refractivity contribution is -0.113. The van der Waals surface area contributed by atoms with E-state index in [2.05, 4.69) is 15.3 Å². The highest BCUT2D eigenvalue weighted by Crippen LogP contribution is 2.22. The molecule has 26 heavy (non-hydrogen) atoms. The van der Waals surface area contributed by atoms with E-state index in [9.17, 15) is 9.59 Å². The van der Waals surface area contributed by atoms with Gasteiger partial charge < -0.3 is 5.32 Å². The van der Waals surface area contributed by atoms with Gasteiger partial charge in [0.05, 0.1) is 5.75 Å². The predicted octanol–water partition coefficient (Wildman–Crippen LogP) is 3.05. The van der Waals surface area contributed by atoms with Gasteiger partial charge in [-0.3, -0.25) is 9.20 Å². The van der Waals surface area contributed by atoms with Crippen molar-refractivity contribution in [3.05, 3.63) is 63.2 Å². The second kappa shape index (κ2) is 7.29. The monoisotopic (exact) mass is 368 g/mol. The normalized spacial score (nSPS) is 10.9. The van der Waals surface area contributed by atoms with E-state index in [0.29, 0.717) is 10.8 Å². The van der Waals surface area contributed by atoms with Crippen LogP contribution in [0.2, 0.25) is 0 Å². The van der Waals surface area contributed by atoms with Crippen molar-refractivity contribution in [1.82, 2.24) is 14.4 Å². The number of hydrogen-bond donors (Lipinski definition) is 1. The molecule has 2 aromatic heterocycles. The van der Waals surface area contributed by atoms with Crippen molar-refractivity contribution in [2.45, 2.75) is 32.9 Å². The molecular weight excluding hydrogens is 348 g/mol. The number of carbonyl (C=O) groups excluding carboxylic acids is 1. The third kappa shape index (κ3) is 3.77. The molecule has 2 heterocycles. The fourth-order valence-electron chi connectivity index (χ4n) is 2.90. The van der Waals surface area contributed by atoms with Gasteiger partial charge in [-0.25, -0.2) is 9.78 Å². The van der Waals surface area contributed by atoms with E-state index >= 15 is 0 Å². The van der Waals surface area contributed by atoms with E-state index < -0.39 is 5.69 Å². The highest BCUT2D eigenvalue weighted by Gasteiger charge is 2.11. The van der Waals surface area contributed by atoms with Gasteiger partial charge in [0.1, 0.15) is 5.65 Å². The summed E-state index contributed by atoms with van der Waals surface area (Å²) in [6.45, 7) is 7.85. The summed E-state index contributed by atoms with van der Waals surface area (Å²) in [5.41, 5.74) is 5.08. The van der Waals surface area contributed by atoms with Crippen LogP contribution in [0.3, 0.4) is 0 Å². The summed E-state index contributed by atoms with van der Waals surface area (Å²) in [6, 6.07) is 7.73. The summed E-state index contributed by atoms with van der Waals surface area (Å²) < 4.78 is 1.40. The van der Waals surface area contributed by atoms with Gasteiger partial charge in [-0.1, -0.05) is 35.5 Å². The van der Waals surface area contributed by atoms with Crippen molar-refractivity contribution in [2.75, 3.05) is 11.1 Å². The summed E-state index contributed by atoms with van der Waals surface area (Å²) in [5, 5.41) is 3.24. The molecule has 0 radical (unpaired) electrons. The zero-order valence-electron chi connectivity index (χ0n) is 15.2. The average molecular weight is 368 g/mol. The van der Waals surface area contributed by atoms with E-state index in [-0.39, 0.29) is 11.7 Å². The van der Waals surface area contributed by atoms with Crippen molar-refractivity contribution in [2.24, 2.45) is 0 Å². The molecular formula is C19H20N4O2S. The van der Waals surface area contributed by atoms with Crippen LogP contribution in [0.15, 0.2) is 40.4 Å². The standard InChI is InChI=1S/C19H20N4O2S/c1-11-8-13(3)16(14(4)9-11)20-15(24)10-26-18-21-17-12(2)6-5-7-23(17)19(25)22-18/h5-9H,10H2,1-4H3,(H,20,24). The molecule has 0 bridgehead atoms. The van der Waals surface area contributed by atoms with Crippen LogP contribution >= 0.6 is 11.8 Å². The van der Waals surface area contributed by atoms with Gasteiger partial charge >= 0.3 is 5.69 Å². The Bertz CT molecular complexity index is 1040. The maximum atomic E-state index is 12.3. The minimum Gasteiger partial charge on any atom is -0.325 e. The molecule has 134 valence electrons. The number of nitrogens with one attached hydrogen (secondary N) is 1. The van der Waals surface area contributed by atoms with Gasteiger partial charge in [0.25, 0.3) is 0 Å². The summed E-state index contributed by atoms with van der Waals surface area (Å²) >= 11 is 1.15. The maximum Gasteiger partial charge on any atom is 0.355 e. The average Bonchev–Trinajstić information content (AvgIpc) is 2.57. The number of fused-ring (bicyclic) bond motifs is 1. The maximum absolute atomic E-state index is 12.3. The number of anilines is 1. The molecule has 6 nitrogen and oxygen atoms in total. The second-order valence-corrected chi connectivity index (χ2v) is 7.23. The Morgan fingerprint density at radius 1 is 1.12 bits per heavy atom. The predicted molar refractivity (Wildman–Crippen MR) is 104 cm³/mol. The molecule has 1 amide bonds. The fraction of sp³-hybridized carbons (Fsp3) is 0.263. The molecule has 0 saturated heterocycles. The first-order valence-electron chi connectivity index (χ1n) is 8.21. The Labute approximate surface area is 155 Å². The Morgan fingerprint density at radius 2 is 1.81 bits per heavy atom. The number of nitrogens with zero attached hydrogens (tertiary/aromatic N) is 3. The molecule has 1 N–H and O–H groups in total. The van der Waals surface area contributed by atoms with Gasteiger partial charge in [0.15, 0.2) is 5.16 Å². The lowest BCUT2D eigenvalue weighted by atomic mass is 10.1. The molecule has 0 spiro atoms. The van der Waals surface area contributed by atoms with Crippen molar-refractivity contribution in [3.63, 3.8) is 0 Å². The van der Waals surface area contributed by atoms with Crippen LogP contribution < -0.4 is 11.0 Å². The van der Waals surface area contributed by atoms with Crippen LogP contribution in [0, 0.1) is 27.7 Å². The molecule has 0 aliphatic carbocycles. The number of thioether (sulfide) groups is 1. The Kier molecular flexibility index (Phi) is 5.08. The number of hydrogen-bond acceptors (Lipinski definition) is 5. The van der Waals surface area contributed by atoms with Crippen LogP contribution in [0.25, 0.3) is 5.65 Å². The van der Waals surface area contributed by atoms with Crippen molar-refractivity contribution >= 4 is 29.0 Å². The molecule has 0 saturated carbocycles. The van der Waals surface area contributed by atoms with Crippen molar-refractivity contribution in [3.8, 4) is 0 Å². The Balaban J connectivity index is 1.75. The lowest BCUT2D eigenvalue weighted by Gasteiger charge is -2.12. The Hall–Kier alpha value is -2.67. The molecule has 0 aliphatic rings. The fourth-order valence-corrected chi connectivity index (χ4v) is 3.53. The first kappa shape index (κ1) is 18.1. The molecule has 3 rings (SSSR count). The number of pyridine rings is 1. The molecule has 0 aliphatic heterocycles. The Morgan fingerprint density at radius 3 is 2.50 bits per heavy atom. The van der Waals surface area contributed by atoms with Gasteiger partial charge in [-0.05, 0) is 50.5 Å². The van der Waals surface area contributed by atoms with Gasteiger partial charge in [-0.15, -0.1) is 0 Å². The second-order valence-electron chi connectivity index (χ2n) is 6.28. The van der Waals surface area contributed by atoms with E-state index in [1.807, 2.05) is 45.9 Å². The molecule has 3 aromatic rings. The highest BCUT2D eigenvalue weighted by atomic mass is 32.2. The van der Waals surface area contributed by atoms with E-state index in [1.54, 1.807) is 12.3 Å². The number of aromatic nitrogens is 3. The minimum absolute atomic E-state index is 0.133. The minimum atomic E-state index is -0.396. The van der Waals surface area contributed by atoms with Crippen LogP contribution in [0.5, 0.6) is 0 Å². The van der Waals surface area contributed by atoms with Gasteiger partial charge in [0, 0.05) is 11.9 Å². The summed E-state index contributed by atoms with van der Waals surface area (Å²) in [7, 11) is 0. The van der Waals surface area contributed by atoms with Crippen LogP contribution in [-0.4, -0.2) is 26.0 Å². The van der Waals surface area contributed by atoms with E-state index in [4.69, 9.17) is 0 Å². The van der Waals surface area contributed by atoms with Crippen molar-refractivity contribution in [1.29, 1.82) is 0 Å². The molecule has 7 heteroatoms. The summed E-state index contributed by atoms with van der Waals surface area (Å²) in [4.78, 5) is 32.8. The van der Waals surface area contributed by atoms with E-state index in [0.717, 1.165) is 39.7 Å². The number of aryl methyl sites for hydroxylation is 4. The van der Waals surface area contributed by atoms with Crippen LogP contribution in [0.4, 0.5) is 5.69 Å². The summed E-state index contributed by atoms with van der Waals surface area (Å²) in [6.07, 6.45) is 1.63. The summed E-state index contributed by atoms with van der Waals surface area (Å²) in [5.74, 6) is -0.0209. The number of carbonyl (C=O) groups is 1. The zero-order chi connectivity index (χ0) is 18.8. The molecule has 1 aromatic carbocycles. The zero-order valence-corrected chi connectivity index (χ0v) is 16.0. The van der Waals surface area contributed by atoms with Gasteiger partial charge in [-0.2, -0.15) is 4.98 Å². The number of amides is 1. The molecule has 0 atom stereocenters. The smallest absolute Gasteiger partial charge is 0.325 e. The van der Waals surface area contributed by atoms with Crippen LogP contribution in [0.1, 0.15) is 22.3 Å². The quantitative estimate of drug-likeness (QED) is 0.716. The van der Waals surface area contributed by atoms with Crippen LogP contribution in [-0.2, 0) is 4.79 Å². The first-order chi connectivity index (χ1) is 12.3. The SMILES string of the molecule is Cc1cc(C)c(NC(=O)CSc2nc(=O)n3cccc(C)c3n2)c(C)c1. The molecule has 0 unspecified atom stereocenters. The third-order valence-corrected chi connectivity index (χ3v) is 4.88. The highest BCUT2D eigenvalue weighted by molar-refractivity contribution is 7.99. The lowest BCUT2D eigenvalue weighted by Crippen LogP contribution is -2.21. The topological polar surface area (TPSA) is 76.4 Å². The van der Waals surface area contributed by atoms with Gasteiger partial charge in [0.2, 0.25) is 5.91 Å². The largest absolute Gasteiger partial charge is 0.355 e. The number of benzene rings is 1. The van der Waals surface area contributed by atoms with E-state index in [1.165, 1.54) is 4.40 Å².